The Bertz CT molecular complexity index is 758. The summed E-state index contributed by atoms with van der Waals surface area (Å²) in [5.41, 5.74) is -0.246. The lowest BCUT2D eigenvalue weighted by Crippen LogP contribution is -2.43. The van der Waals surface area contributed by atoms with Crippen LogP contribution >= 0.6 is 11.3 Å². The lowest BCUT2D eigenvalue weighted by Gasteiger charge is -2.27. The van der Waals surface area contributed by atoms with Crippen molar-refractivity contribution in [1.29, 1.82) is 0 Å². The van der Waals surface area contributed by atoms with Crippen LogP contribution in [0.4, 0.5) is 0 Å². The SMILES string of the molecule is Cc1cc(CC(=O)N2CCCC(O)(CNC(=O)c3cccs3)CC2)on1. The Morgan fingerprint density at radius 1 is 1.42 bits per heavy atom. The molecular formula is C18H23N3O4S. The van der Waals surface area contributed by atoms with E-state index in [2.05, 4.69) is 10.5 Å². The number of nitrogens with zero attached hydrogens (tertiary/aromatic N) is 2. The Hall–Kier alpha value is -2.19. The average molecular weight is 377 g/mol. The van der Waals surface area contributed by atoms with Gasteiger partial charge in [-0.05, 0) is 37.6 Å². The fourth-order valence-electron chi connectivity index (χ4n) is 3.11. The predicted molar refractivity (Wildman–Crippen MR) is 97.0 cm³/mol. The normalized spacial score (nSPS) is 20.6. The highest BCUT2D eigenvalue weighted by Gasteiger charge is 2.32. The third-order valence-corrected chi connectivity index (χ3v) is 5.46. The van der Waals surface area contributed by atoms with Gasteiger partial charge in [0.15, 0.2) is 0 Å². The monoisotopic (exact) mass is 377 g/mol. The lowest BCUT2D eigenvalue weighted by atomic mass is 9.95. The molecule has 0 aliphatic carbocycles. The lowest BCUT2D eigenvalue weighted by molar-refractivity contribution is -0.130. The molecule has 1 aliphatic heterocycles. The molecule has 1 aliphatic rings. The molecule has 1 unspecified atom stereocenters. The summed E-state index contributed by atoms with van der Waals surface area (Å²) in [5, 5.41) is 19.3. The van der Waals surface area contributed by atoms with Crippen molar-refractivity contribution in [3.8, 4) is 0 Å². The maximum Gasteiger partial charge on any atom is 0.261 e. The summed E-state index contributed by atoms with van der Waals surface area (Å²) in [6.45, 7) is 3.05. The fraction of sp³-hybridized carbons (Fsp3) is 0.500. The van der Waals surface area contributed by atoms with Crippen LogP contribution in [0.25, 0.3) is 0 Å². The second kappa shape index (κ2) is 8.01. The van der Waals surface area contributed by atoms with Gasteiger partial charge in [0.2, 0.25) is 5.91 Å². The number of carbonyl (C=O) groups is 2. The summed E-state index contributed by atoms with van der Waals surface area (Å²) in [7, 11) is 0. The van der Waals surface area contributed by atoms with E-state index < -0.39 is 5.60 Å². The maximum atomic E-state index is 12.5. The molecule has 2 amide bonds. The zero-order chi connectivity index (χ0) is 18.6. The second-order valence-corrected chi connectivity index (χ2v) is 7.68. The van der Waals surface area contributed by atoms with Crippen LogP contribution < -0.4 is 5.32 Å². The Balaban J connectivity index is 1.51. The van der Waals surface area contributed by atoms with Crippen molar-refractivity contribution < 1.29 is 19.2 Å². The highest BCUT2D eigenvalue weighted by Crippen LogP contribution is 2.23. The van der Waals surface area contributed by atoms with Crippen LogP contribution in [0.2, 0.25) is 0 Å². The van der Waals surface area contributed by atoms with Crippen LogP contribution in [0.1, 0.15) is 40.4 Å². The maximum absolute atomic E-state index is 12.5. The number of aromatic nitrogens is 1. The molecule has 0 radical (unpaired) electrons. The standard InChI is InChI=1S/C18H23N3O4S/c1-13-10-14(25-20-13)11-16(22)21-7-3-5-18(24,6-8-21)12-19-17(23)15-4-2-9-26-15/h2,4,9-10,24H,3,5-8,11-12H2,1H3,(H,19,23). The third kappa shape index (κ3) is 4.70. The van der Waals surface area contributed by atoms with Gasteiger partial charge in [-0.2, -0.15) is 0 Å². The highest BCUT2D eigenvalue weighted by atomic mass is 32.1. The number of nitrogens with one attached hydrogen (secondary N) is 1. The first kappa shape index (κ1) is 18.6. The predicted octanol–water partition coefficient (Wildman–Crippen LogP) is 1.76. The van der Waals surface area contributed by atoms with Gasteiger partial charge in [-0.15, -0.1) is 11.3 Å². The summed E-state index contributed by atoms with van der Waals surface area (Å²) < 4.78 is 5.10. The molecule has 3 rings (SSSR count). The van der Waals surface area contributed by atoms with Gasteiger partial charge in [-0.25, -0.2) is 0 Å². The van der Waals surface area contributed by atoms with Gasteiger partial charge >= 0.3 is 0 Å². The number of hydrogen-bond donors (Lipinski definition) is 2. The van der Waals surface area contributed by atoms with Gasteiger partial charge in [0.05, 0.1) is 22.6 Å². The molecule has 0 saturated carbocycles. The van der Waals surface area contributed by atoms with Crippen LogP contribution in [0.15, 0.2) is 28.1 Å². The molecular weight excluding hydrogens is 354 g/mol. The average Bonchev–Trinajstić information content (AvgIpc) is 3.24. The molecule has 2 aromatic rings. The van der Waals surface area contributed by atoms with Crippen LogP contribution in [-0.2, 0) is 11.2 Å². The topological polar surface area (TPSA) is 95.7 Å². The van der Waals surface area contributed by atoms with Gasteiger partial charge in [0.1, 0.15) is 5.76 Å². The zero-order valence-electron chi connectivity index (χ0n) is 14.7. The third-order valence-electron chi connectivity index (χ3n) is 4.60. The van der Waals surface area contributed by atoms with E-state index in [0.717, 1.165) is 5.69 Å². The molecule has 0 aromatic carbocycles. The van der Waals surface area contributed by atoms with Gasteiger partial charge in [0.25, 0.3) is 5.91 Å². The van der Waals surface area contributed by atoms with E-state index in [1.165, 1.54) is 11.3 Å². The van der Waals surface area contributed by atoms with Gasteiger partial charge in [0, 0.05) is 25.7 Å². The number of rotatable bonds is 5. The van der Waals surface area contributed by atoms with Crippen LogP contribution in [0.3, 0.4) is 0 Å². The Labute approximate surface area is 156 Å². The number of aryl methyl sites for hydroxylation is 1. The molecule has 8 heteroatoms. The summed E-state index contributed by atoms with van der Waals surface area (Å²) in [6, 6.07) is 5.33. The minimum Gasteiger partial charge on any atom is -0.388 e. The molecule has 1 fully saturated rings. The molecule has 2 aromatic heterocycles. The summed E-state index contributed by atoms with van der Waals surface area (Å²) in [5.74, 6) is 0.342. The van der Waals surface area contributed by atoms with E-state index in [1.54, 1.807) is 17.0 Å². The van der Waals surface area contributed by atoms with Crippen molar-refractivity contribution in [3.63, 3.8) is 0 Å². The summed E-state index contributed by atoms with van der Waals surface area (Å²) >= 11 is 1.37. The van der Waals surface area contributed by atoms with Crippen molar-refractivity contribution in [1.82, 2.24) is 15.4 Å². The largest absolute Gasteiger partial charge is 0.388 e. The summed E-state index contributed by atoms with van der Waals surface area (Å²) in [6.07, 6.45) is 1.84. The Morgan fingerprint density at radius 2 is 2.27 bits per heavy atom. The van der Waals surface area contributed by atoms with Crippen molar-refractivity contribution in [2.24, 2.45) is 0 Å². The van der Waals surface area contributed by atoms with Gasteiger partial charge < -0.3 is 19.8 Å². The molecule has 2 N–H and O–H groups in total. The molecule has 0 spiro atoms. The molecule has 1 saturated heterocycles. The molecule has 3 heterocycles. The number of hydrogen-bond acceptors (Lipinski definition) is 6. The van der Waals surface area contributed by atoms with Crippen LogP contribution in [0, 0.1) is 6.92 Å². The van der Waals surface area contributed by atoms with Gasteiger partial charge in [-0.1, -0.05) is 11.2 Å². The molecule has 140 valence electrons. The number of thiophene rings is 1. The van der Waals surface area contributed by atoms with Crippen molar-refractivity contribution in [2.45, 2.75) is 38.2 Å². The van der Waals surface area contributed by atoms with Crippen LogP contribution in [-0.4, -0.2) is 52.2 Å². The first-order valence-electron chi connectivity index (χ1n) is 8.69. The van der Waals surface area contributed by atoms with E-state index >= 15 is 0 Å². The van der Waals surface area contributed by atoms with E-state index in [9.17, 15) is 14.7 Å². The summed E-state index contributed by atoms with van der Waals surface area (Å²) in [4.78, 5) is 26.9. The Kier molecular flexibility index (Phi) is 5.73. The van der Waals surface area contributed by atoms with Crippen molar-refractivity contribution in [2.75, 3.05) is 19.6 Å². The number of aliphatic hydroxyl groups is 1. The quantitative estimate of drug-likeness (QED) is 0.828. The number of likely N-dealkylation sites (tertiary alicyclic amines) is 1. The van der Waals surface area contributed by atoms with E-state index in [1.807, 2.05) is 18.4 Å². The van der Waals surface area contributed by atoms with Crippen LogP contribution in [0.5, 0.6) is 0 Å². The smallest absolute Gasteiger partial charge is 0.261 e. The van der Waals surface area contributed by atoms with Gasteiger partial charge in [-0.3, -0.25) is 9.59 Å². The fourth-order valence-corrected chi connectivity index (χ4v) is 3.75. The Morgan fingerprint density at radius 3 is 2.96 bits per heavy atom. The minimum absolute atomic E-state index is 0.0342. The highest BCUT2D eigenvalue weighted by molar-refractivity contribution is 7.12. The molecule has 1 atom stereocenters. The first-order valence-corrected chi connectivity index (χ1v) is 9.57. The minimum atomic E-state index is -0.995. The first-order chi connectivity index (χ1) is 12.5. The molecule has 26 heavy (non-hydrogen) atoms. The van der Waals surface area contributed by atoms with Crippen molar-refractivity contribution in [3.05, 3.63) is 39.9 Å². The molecule has 0 bridgehead atoms. The number of amides is 2. The zero-order valence-corrected chi connectivity index (χ0v) is 15.6. The van der Waals surface area contributed by atoms with E-state index in [-0.39, 0.29) is 24.8 Å². The van der Waals surface area contributed by atoms with Crippen molar-refractivity contribution >= 4 is 23.2 Å². The number of carbonyl (C=O) groups excluding carboxylic acids is 2. The van der Waals surface area contributed by atoms with E-state index in [0.29, 0.717) is 43.0 Å². The molecule has 7 nitrogen and oxygen atoms in total. The van der Waals surface area contributed by atoms with E-state index in [4.69, 9.17) is 4.52 Å². The second-order valence-electron chi connectivity index (χ2n) is 6.73.